The van der Waals surface area contributed by atoms with Gasteiger partial charge in [-0.1, -0.05) is 26.0 Å². The predicted molar refractivity (Wildman–Crippen MR) is 86.6 cm³/mol. The second-order valence-corrected chi connectivity index (χ2v) is 7.00. The van der Waals surface area contributed by atoms with E-state index in [4.69, 9.17) is 0 Å². The average Bonchev–Trinajstić information content (AvgIpc) is 2.41. The molecule has 2 amide bonds. The summed E-state index contributed by atoms with van der Waals surface area (Å²) in [5.41, 5.74) is -0.0646. The maximum atomic E-state index is 12.9. The molecule has 114 valence electrons. The van der Waals surface area contributed by atoms with Crippen molar-refractivity contribution in [2.75, 3.05) is 11.2 Å². The average molecular weight is 306 g/mol. The highest BCUT2D eigenvalue weighted by atomic mass is 32.2. The number of benzene rings is 1. The zero-order chi connectivity index (χ0) is 15.8. The molecule has 1 aromatic carbocycles. The second kappa shape index (κ2) is 5.72. The lowest BCUT2D eigenvalue weighted by molar-refractivity contribution is -0.138. The van der Waals surface area contributed by atoms with Gasteiger partial charge in [-0.25, -0.2) is 0 Å². The van der Waals surface area contributed by atoms with E-state index in [-0.39, 0.29) is 17.7 Å². The zero-order valence-corrected chi connectivity index (χ0v) is 14.0. The summed E-state index contributed by atoms with van der Waals surface area (Å²) in [6.45, 7) is 7.42. The maximum absolute atomic E-state index is 12.9. The van der Waals surface area contributed by atoms with Gasteiger partial charge < -0.3 is 5.32 Å². The molecule has 1 N–H and O–H groups in total. The van der Waals surface area contributed by atoms with E-state index in [1.165, 1.54) is 0 Å². The van der Waals surface area contributed by atoms with E-state index in [9.17, 15) is 9.59 Å². The zero-order valence-electron chi connectivity index (χ0n) is 13.1. The molecule has 5 heteroatoms. The number of hydrogen-bond acceptors (Lipinski definition) is 3. The number of piperazine rings is 1. The number of rotatable bonds is 3. The van der Waals surface area contributed by atoms with Crippen LogP contribution in [0.2, 0.25) is 0 Å². The second-order valence-electron chi connectivity index (χ2n) is 6.15. The standard InChI is InChI=1S/C16H22N2O2S/c1-10(2)13-14(19)17-16(3,4)15(20)18(13)11-8-6-7-9-12(11)21-5/h6-10,13H,1-5H3,(H,17,19). The monoisotopic (exact) mass is 306 g/mol. The van der Waals surface area contributed by atoms with Gasteiger partial charge >= 0.3 is 0 Å². The number of nitrogens with zero attached hydrogens (tertiary/aromatic N) is 1. The van der Waals surface area contributed by atoms with Gasteiger partial charge in [0.1, 0.15) is 11.6 Å². The molecule has 0 aliphatic carbocycles. The van der Waals surface area contributed by atoms with Gasteiger partial charge in [-0.05, 0) is 38.2 Å². The molecule has 1 atom stereocenters. The van der Waals surface area contributed by atoms with E-state index >= 15 is 0 Å². The summed E-state index contributed by atoms with van der Waals surface area (Å²) in [6, 6.07) is 7.26. The SMILES string of the molecule is CSc1ccccc1N1C(=O)C(C)(C)NC(=O)C1C(C)C. The van der Waals surface area contributed by atoms with E-state index in [1.54, 1.807) is 30.5 Å². The number of nitrogens with one attached hydrogen (secondary N) is 1. The molecule has 0 radical (unpaired) electrons. The highest BCUT2D eigenvalue weighted by molar-refractivity contribution is 7.98. The van der Waals surface area contributed by atoms with Crippen LogP contribution in [0.25, 0.3) is 0 Å². The third-order valence-electron chi connectivity index (χ3n) is 3.71. The highest BCUT2D eigenvalue weighted by Gasteiger charge is 2.47. The largest absolute Gasteiger partial charge is 0.340 e. The lowest BCUT2D eigenvalue weighted by atomic mass is 9.91. The van der Waals surface area contributed by atoms with Crippen LogP contribution in [0.1, 0.15) is 27.7 Å². The molecular weight excluding hydrogens is 284 g/mol. The molecule has 0 bridgehead atoms. The number of carbonyl (C=O) groups is 2. The Labute approximate surface area is 130 Å². The van der Waals surface area contributed by atoms with Crippen molar-refractivity contribution in [1.29, 1.82) is 0 Å². The Kier molecular flexibility index (Phi) is 4.33. The number of anilines is 1. The molecular formula is C16H22N2O2S. The van der Waals surface area contributed by atoms with Gasteiger partial charge in [0.15, 0.2) is 0 Å². The first-order valence-electron chi connectivity index (χ1n) is 7.08. The van der Waals surface area contributed by atoms with Crippen LogP contribution < -0.4 is 10.2 Å². The minimum atomic E-state index is -0.881. The van der Waals surface area contributed by atoms with Gasteiger partial charge in [0, 0.05) is 4.90 Å². The van der Waals surface area contributed by atoms with Gasteiger partial charge in [-0.2, -0.15) is 0 Å². The summed E-state index contributed by atoms with van der Waals surface area (Å²) >= 11 is 1.58. The van der Waals surface area contributed by atoms with Crippen LogP contribution in [0.4, 0.5) is 5.69 Å². The molecule has 1 aliphatic heterocycles. The maximum Gasteiger partial charge on any atom is 0.252 e. The number of amides is 2. The molecule has 0 saturated carbocycles. The van der Waals surface area contributed by atoms with Gasteiger partial charge in [0.25, 0.3) is 5.91 Å². The molecule has 1 aromatic rings. The van der Waals surface area contributed by atoms with Crippen molar-refractivity contribution in [3.05, 3.63) is 24.3 Å². The molecule has 1 aliphatic rings. The summed E-state index contributed by atoms with van der Waals surface area (Å²) in [4.78, 5) is 28.0. The third kappa shape index (κ3) is 2.79. The first kappa shape index (κ1) is 15.9. The molecule has 1 fully saturated rings. The fourth-order valence-electron chi connectivity index (χ4n) is 2.67. The van der Waals surface area contributed by atoms with Crippen LogP contribution in [0, 0.1) is 5.92 Å². The van der Waals surface area contributed by atoms with E-state index in [0.717, 1.165) is 10.6 Å². The van der Waals surface area contributed by atoms with Crippen molar-refractivity contribution in [1.82, 2.24) is 5.32 Å². The van der Waals surface area contributed by atoms with E-state index in [1.807, 2.05) is 44.4 Å². The van der Waals surface area contributed by atoms with Crippen LogP contribution >= 0.6 is 11.8 Å². The molecule has 21 heavy (non-hydrogen) atoms. The Bertz CT molecular complexity index is 569. The lowest BCUT2D eigenvalue weighted by Crippen LogP contribution is -2.69. The van der Waals surface area contributed by atoms with Crippen molar-refractivity contribution in [3.63, 3.8) is 0 Å². The number of thioether (sulfide) groups is 1. The van der Waals surface area contributed by atoms with Crippen LogP contribution in [-0.2, 0) is 9.59 Å². The van der Waals surface area contributed by atoms with Crippen LogP contribution in [0.3, 0.4) is 0 Å². The Morgan fingerprint density at radius 3 is 2.43 bits per heavy atom. The van der Waals surface area contributed by atoms with Crippen molar-refractivity contribution in [2.45, 2.75) is 44.2 Å². The first-order valence-corrected chi connectivity index (χ1v) is 8.30. The number of para-hydroxylation sites is 1. The summed E-state index contributed by atoms with van der Waals surface area (Å²) in [6.07, 6.45) is 1.98. The molecule has 1 heterocycles. The number of carbonyl (C=O) groups excluding carboxylic acids is 2. The minimum absolute atomic E-state index is 0.0416. The lowest BCUT2D eigenvalue weighted by Gasteiger charge is -2.44. The quantitative estimate of drug-likeness (QED) is 0.874. The molecule has 4 nitrogen and oxygen atoms in total. The van der Waals surface area contributed by atoms with Crippen molar-refractivity contribution < 1.29 is 9.59 Å². The van der Waals surface area contributed by atoms with Crippen molar-refractivity contribution >= 4 is 29.3 Å². The van der Waals surface area contributed by atoms with E-state index in [2.05, 4.69) is 5.32 Å². The molecule has 2 rings (SSSR count). The Hall–Kier alpha value is -1.49. The van der Waals surface area contributed by atoms with Crippen LogP contribution in [-0.4, -0.2) is 29.7 Å². The molecule has 1 saturated heterocycles. The molecule has 0 aromatic heterocycles. The molecule has 0 spiro atoms. The summed E-state index contributed by atoms with van der Waals surface area (Å²) in [5.74, 6) is -0.118. The summed E-state index contributed by atoms with van der Waals surface area (Å²) in [5, 5.41) is 2.84. The smallest absolute Gasteiger partial charge is 0.252 e. The summed E-state index contributed by atoms with van der Waals surface area (Å²) in [7, 11) is 0. The Balaban J connectivity index is 2.58. The normalized spacial score (nSPS) is 21.6. The Morgan fingerprint density at radius 2 is 1.86 bits per heavy atom. The van der Waals surface area contributed by atoms with Crippen LogP contribution in [0.5, 0.6) is 0 Å². The number of hydrogen-bond donors (Lipinski definition) is 1. The fraction of sp³-hybridized carbons (Fsp3) is 0.500. The van der Waals surface area contributed by atoms with Gasteiger partial charge in [-0.15, -0.1) is 11.8 Å². The van der Waals surface area contributed by atoms with Crippen molar-refractivity contribution in [2.24, 2.45) is 5.92 Å². The predicted octanol–water partition coefficient (Wildman–Crippen LogP) is 2.67. The highest BCUT2D eigenvalue weighted by Crippen LogP contribution is 2.34. The van der Waals surface area contributed by atoms with Crippen LogP contribution in [0.15, 0.2) is 29.2 Å². The minimum Gasteiger partial charge on any atom is -0.340 e. The van der Waals surface area contributed by atoms with Gasteiger partial charge in [0.05, 0.1) is 5.69 Å². The van der Waals surface area contributed by atoms with Gasteiger partial charge in [0.2, 0.25) is 5.91 Å². The van der Waals surface area contributed by atoms with E-state index < -0.39 is 11.6 Å². The first-order chi connectivity index (χ1) is 9.79. The van der Waals surface area contributed by atoms with Gasteiger partial charge in [-0.3, -0.25) is 14.5 Å². The summed E-state index contributed by atoms with van der Waals surface area (Å²) < 4.78 is 0. The van der Waals surface area contributed by atoms with E-state index in [0.29, 0.717) is 0 Å². The molecule has 1 unspecified atom stereocenters. The Morgan fingerprint density at radius 1 is 1.24 bits per heavy atom. The fourth-order valence-corrected chi connectivity index (χ4v) is 3.26. The topological polar surface area (TPSA) is 49.4 Å². The van der Waals surface area contributed by atoms with Crippen molar-refractivity contribution in [3.8, 4) is 0 Å². The third-order valence-corrected chi connectivity index (χ3v) is 4.50.